The SMILES string of the molecule is Cc1c(O[C@H](c2ccc(F)cc2)c2ccc(C(N)=O)cc2)ccc2c1OCCC2=O. The van der Waals surface area contributed by atoms with Crippen LogP contribution in [0.15, 0.2) is 60.7 Å². The lowest BCUT2D eigenvalue weighted by atomic mass is 9.98. The van der Waals surface area contributed by atoms with Gasteiger partial charge in [0.15, 0.2) is 5.78 Å². The summed E-state index contributed by atoms with van der Waals surface area (Å²) in [5.74, 6) is 0.261. The second-order valence-electron chi connectivity index (χ2n) is 7.12. The van der Waals surface area contributed by atoms with Gasteiger partial charge in [-0.05, 0) is 54.4 Å². The van der Waals surface area contributed by atoms with Crippen molar-refractivity contribution in [3.05, 3.63) is 94.3 Å². The van der Waals surface area contributed by atoms with Crippen molar-refractivity contribution >= 4 is 11.7 Å². The first-order chi connectivity index (χ1) is 14.4. The van der Waals surface area contributed by atoms with Crippen molar-refractivity contribution < 1.29 is 23.5 Å². The van der Waals surface area contributed by atoms with E-state index in [9.17, 15) is 14.0 Å². The van der Waals surface area contributed by atoms with Crippen LogP contribution in [0.25, 0.3) is 0 Å². The summed E-state index contributed by atoms with van der Waals surface area (Å²) < 4.78 is 25.5. The molecule has 0 saturated carbocycles. The Hall–Kier alpha value is -3.67. The molecule has 0 saturated heterocycles. The number of amides is 1. The van der Waals surface area contributed by atoms with Gasteiger partial charge in [0.2, 0.25) is 5.91 Å². The molecule has 1 heterocycles. The first kappa shape index (κ1) is 19.6. The Morgan fingerprint density at radius 2 is 1.67 bits per heavy atom. The number of carbonyl (C=O) groups is 2. The predicted molar refractivity (Wildman–Crippen MR) is 109 cm³/mol. The van der Waals surface area contributed by atoms with Gasteiger partial charge in [-0.25, -0.2) is 4.39 Å². The molecule has 1 amide bonds. The highest BCUT2D eigenvalue weighted by Gasteiger charge is 2.24. The molecule has 0 aliphatic carbocycles. The number of Topliss-reactive ketones (excluding diaryl/α,β-unsaturated/α-hetero) is 1. The Balaban J connectivity index is 1.74. The molecule has 0 fully saturated rings. The fraction of sp³-hybridized carbons (Fsp3) is 0.167. The van der Waals surface area contributed by atoms with Crippen LogP contribution >= 0.6 is 0 Å². The third-order valence-electron chi connectivity index (χ3n) is 5.15. The summed E-state index contributed by atoms with van der Waals surface area (Å²) in [5, 5.41) is 0. The molecule has 152 valence electrons. The number of benzene rings is 3. The van der Waals surface area contributed by atoms with Gasteiger partial charge in [-0.1, -0.05) is 24.3 Å². The van der Waals surface area contributed by atoms with E-state index in [1.807, 2.05) is 6.92 Å². The van der Waals surface area contributed by atoms with Gasteiger partial charge in [0.1, 0.15) is 23.4 Å². The number of hydrogen-bond acceptors (Lipinski definition) is 4. The van der Waals surface area contributed by atoms with E-state index in [0.29, 0.717) is 35.7 Å². The fourth-order valence-electron chi connectivity index (χ4n) is 3.50. The number of fused-ring (bicyclic) bond motifs is 1. The lowest BCUT2D eigenvalue weighted by molar-refractivity contribution is 0.0931. The zero-order valence-corrected chi connectivity index (χ0v) is 16.4. The Morgan fingerprint density at radius 1 is 1.03 bits per heavy atom. The summed E-state index contributed by atoms with van der Waals surface area (Å²) in [6, 6.07) is 16.2. The van der Waals surface area contributed by atoms with Gasteiger partial charge >= 0.3 is 0 Å². The number of hydrogen-bond donors (Lipinski definition) is 1. The molecule has 3 aromatic rings. The highest BCUT2D eigenvalue weighted by molar-refractivity contribution is 6.00. The highest BCUT2D eigenvalue weighted by Crippen LogP contribution is 2.38. The molecule has 3 aromatic carbocycles. The second kappa shape index (κ2) is 7.99. The van der Waals surface area contributed by atoms with Crippen molar-refractivity contribution in [1.29, 1.82) is 0 Å². The third-order valence-corrected chi connectivity index (χ3v) is 5.15. The predicted octanol–water partition coefficient (Wildman–Crippen LogP) is 4.37. The van der Waals surface area contributed by atoms with Crippen LogP contribution in [0.2, 0.25) is 0 Å². The van der Waals surface area contributed by atoms with E-state index in [2.05, 4.69) is 0 Å². The molecule has 0 spiro atoms. The molecule has 6 heteroatoms. The molecule has 0 unspecified atom stereocenters. The van der Waals surface area contributed by atoms with Crippen LogP contribution in [-0.4, -0.2) is 18.3 Å². The lowest BCUT2D eigenvalue weighted by Crippen LogP contribution is -2.17. The average molecular weight is 405 g/mol. The molecule has 1 atom stereocenters. The second-order valence-corrected chi connectivity index (χ2v) is 7.12. The quantitative estimate of drug-likeness (QED) is 0.684. The maximum atomic E-state index is 13.5. The van der Waals surface area contributed by atoms with Gasteiger partial charge in [0, 0.05) is 17.5 Å². The van der Waals surface area contributed by atoms with Crippen molar-refractivity contribution in [1.82, 2.24) is 0 Å². The smallest absolute Gasteiger partial charge is 0.248 e. The van der Waals surface area contributed by atoms with Crippen LogP contribution in [0.4, 0.5) is 4.39 Å². The van der Waals surface area contributed by atoms with Gasteiger partial charge in [0.25, 0.3) is 0 Å². The minimum atomic E-state index is -0.566. The first-order valence-corrected chi connectivity index (χ1v) is 9.55. The van der Waals surface area contributed by atoms with E-state index in [0.717, 1.165) is 16.7 Å². The summed E-state index contributed by atoms with van der Waals surface area (Å²) in [7, 11) is 0. The Kier molecular flexibility index (Phi) is 5.23. The normalized spacial score (nSPS) is 13.9. The number of ketones is 1. The zero-order chi connectivity index (χ0) is 21.3. The molecule has 1 aliphatic rings. The minimum Gasteiger partial charge on any atom is -0.492 e. The number of primary amides is 1. The van der Waals surface area contributed by atoms with Crippen molar-refractivity contribution in [2.24, 2.45) is 5.73 Å². The summed E-state index contributed by atoms with van der Waals surface area (Å²) in [6.07, 6.45) is -0.208. The number of ether oxygens (including phenoxy) is 2. The van der Waals surface area contributed by atoms with E-state index >= 15 is 0 Å². The van der Waals surface area contributed by atoms with Crippen LogP contribution in [0.3, 0.4) is 0 Å². The molecule has 2 N–H and O–H groups in total. The topological polar surface area (TPSA) is 78.6 Å². The zero-order valence-electron chi connectivity index (χ0n) is 16.4. The van der Waals surface area contributed by atoms with Gasteiger partial charge in [0.05, 0.1) is 12.2 Å². The lowest BCUT2D eigenvalue weighted by Gasteiger charge is -2.24. The maximum absolute atomic E-state index is 13.5. The Bertz CT molecular complexity index is 1110. The summed E-state index contributed by atoms with van der Waals surface area (Å²) >= 11 is 0. The van der Waals surface area contributed by atoms with Gasteiger partial charge in [-0.2, -0.15) is 0 Å². The van der Waals surface area contributed by atoms with E-state index in [4.69, 9.17) is 15.2 Å². The van der Waals surface area contributed by atoms with Crippen LogP contribution < -0.4 is 15.2 Å². The molecular weight excluding hydrogens is 385 g/mol. The van der Waals surface area contributed by atoms with E-state index in [1.165, 1.54) is 12.1 Å². The third kappa shape index (κ3) is 3.76. The Labute approximate surface area is 173 Å². The molecule has 4 rings (SSSR count). The number of nitrogens with two attached hydrogens (primary N) is 1. The minimum absolute atomic E-state index is 0.0445. The van der Waals surface area contributed by atoms with E-state index in [1.54, 1.807) is 48.5 Å². The van der Waals surface area contributed by atoms with Crippen molar-refractivity contribution in [3.8, 4) is 11.5 Å². The summed E-state index contributed by atoms with van der Waals surface area (Å²) in [6.45, 7) is 2.18. The van der Waals surface area contributed by atoms with Crippen molar-refractivity contribution in [2.45, 2.75) is 19.4 Å². The number of halogens is 1. The van der Waals surface area contributed by atoms with E-state index < -0.39 is 12.0 Å². The van der Waals surface area contributed by atoms with Crippen LogP contribution in [-0.2, 0) is 0 Å². The number of rotatable bonds is 5. The Morgan fingerprint density at radius 3 is 2.30 bits per heavy atom. The van der Waals surface area contributed by atoms with Gasteiger partial charge < -0.3 is 15.2 Å². The van der Waals surface area contributed by atoms with Crippen LogP contribution in [0, 0.1) is 12.7 Å². The van der Waals surface area contributed by atoms with Crippen molar-refractivity contribution in [3.63, 3.8) is 0 Å². The molecule has 5 nitrogen and oxygen atoms in total. The monoisotopic (exact) mass is 405 g/mol. The molecule has 30 heavy (non-hydrogen) atoms. The molecule has 0 radical (unpaired) electrons. The van der Waals surface area contributed by atoms with Crippen LogP contribution in [0.1, 0.15) is 49.9 Å². The maximum Gasteiger partial charge on any atom is 0.248 e. The van der Waals surface area contributed by atoms with Gasteiger partial charge in [-0.3, -0.25) is 9.59 Å². The fourth-order valence-corrected chi connectivity index (χ4v) is 3.50. The molecular formula is C24H20FNO4. The first-order valence-electron chi connectivity index (χ1n) is 9.55. The van der Waals surface area contributed by atoms with Crippen molar-refractivity contribution in [2.75, 3.05) is 6.61 Å². The van der Waals surface area contributed by atoms with Gasteiger partial charge in [-0.15, -0.1) is 0 Å². The van der Waals surface area contributed by atoms with Crippen LogP contribution in [0.5, 0.6) is 11.5 Å². The average Bonchev–Trinajstić information content (AvgIpc) is 2.75. The largest absolute Gasteiger partial charge is 0.492 e. The standard InChI is InChI=1S/C24H20FNO4/c1-14-21(11-10-19-20(27)12-13-29-22(14)19)30-23(16-6-8-18(25)9-7-16)15-2-4-17(5-3-15)24(26)28/h2-11,23H,12-13H2,1H3,(H2,26,28)/t23-/m0/s1. The highest BCUT2D eigenvalue weighted by atomic mass is 19.1. The summed E-state index contributed by atoms with van der Waals surface area (Å²) in [4.78, 5) is 23.5. The molecule has 1 aliphatic heterocycles. The molecule has 0 aromatic heterocycles. The molecule has 0 bridgehead atoms. The van der Waals surface area contributed by atoms with E-state index in [-0.39, 0.29) is 11.6 Å². The summed E-state index contributed by atoms with van der Waals surface area (Å²) in [5.41, 5.74) is 8.49. The number of carbonyl (C=O) groups excluding carboxylic acids is 2.